The molecule has 17 heavy (non-hydrogen) atoms. The number of hydrogen-bond acceptors (Lipinski definition) is 5. The molecule has 0 rings (SSSR count). The summed E-state index contributed by atoms with van der Waals surface area (Å²) in [5, 5.41) is 0. The topological polar surface area (TPSA) is 61.8 Å². The Kier molecular flexibility index (Phi) is 6.99. The Morgan fingerprint density at radius 2 is 1.82 bits per heavy atom. The lowest BCUT2D eigenvalue weighted by Gasteiger charge is -2.22. The van der Waals surface area contributed by atoms with Crippen molar-refractivity contribution in [3.05, 3.63) is 0 Å². The van der Waals surface area contributed by atoms with Crippen LogP contribution in [0.5, 0.6) is 0 Å². The lowest BCUT2D eigenvalue weighted by atomic mass is 10.1. The van der Waals surface area contributed by atoms with Crippen molar-refractivity contribution in [1.82, 2.24) is 0 Å². The summed E-state index contributed by atoms with van der Waals surface area (Å²) in [6, 6.07) is 0. The lowest BCUT2D eigenvalue weighted by molar-refractivity contribution is -0.158. The number of hydrogen-bond donors (Lipinski definition) is 0. The van der Waals surface area contributed by atoms with Crippen molar-refractivity contribution < 1.29 is 23.8 Å². The molecule has 0 N–H and O–H groups in total. The van der Waals surface area contributed by atoms with E-state index in [1.807, 2.05) is 0 Å². The van der Waals surface area contributed by atoms with Gasteiger partial charge in [0.15, 0.2) is 0 Å². The SMILES string of the molecule is CO[C@@H](CC(=O)OC(C)(C)C)C[C@@H](C=O)OC. The normalized spacial score (nSPS) is 15.1. The number of rotatable bonds is 7. The molecule has 0 aliphatic carbocycles. The van der Waals surface area contributed by atoms with Gasteiger partial charge in [-0.1, -0.05) is 0 Å². The van der Waals surface area contributed by atoms with E-state index in [1.165, 1.54) is 14.2 Å². The van der Waals surface area contributed by atoms with Gasteiger partial charge in [-0.2, -0.15) is 0 Å². The lowest BCUT2D eigenvalue weighted by Crippen LogP contribution is -2.29. The Morgan fingerprint density at radius 3 is 2.18 bits per heavy atom. The standard InChI is InChI=1S/C12H22O5/c1-12(2,3)17-11(14)7-9(15-4)6-10(8-13)16-5/h8-10H,6-7H2,1-5H3/t9-,10+/m1/s1. The molecule has 2 atom stereocenters. The average molecular weight is 246 g/mol. The van der Waals surface area contributed by atoms with Crippen LogP contribution in [0.4, 0.5) is 0 Å². The summed E-state index contributed by atoms with van der Waals surface area (Å²) < 4.78 is 15.2. The van der Waals surface area contributed by atoms with E-state index in [0.717, 1.165) is 0 Å². The van der Waals surface area contributed by atoms with Crippen LogP contribution in [-0.2, 0) is 23.8 Å². The zero-order valence-corrected chi connectivity index (χ0v) is 11.2. The van der Waals surface area contributed by atoms with E-state index in [0.29, 0.717) is 12.7 Å². The molecule has 0 amide bonds. The van der Waals surface area contributed by atoms with Crippen molar-refractivity contribution in [3.8, 4) is 0 Å². The average Bonchev–Trinajstić information content (AvgIpc) is 2.21. The molecule has 0 unspecified atom stereocenters. The second-order valence-corrected chi connectivity index (χ2v) is 4.79. The zero-order chi connectivity index (χ0) is 13.5. The van der Waals surface area contributed by atoms with E-state index < -0.39 is 11.7 Å². The maximum atomic E-state index is 11.6. The molecule has 0 heterocycles. The quantitative estimate of drug-likeness (QED) is 0.501. The van der Waals surface area contributed by atoms with Gasteiger partial charge in [-0.15, -0.1) is 0 Å². The van der Waals surface area contributed by atoms with Gasteiger partial charge in [0.1, 0.15) is 18.0 Å². The van der Waals surface area contributed by atoms with Crippen LogP contribution >= 0.6 is 0 Å². The van der Waals surface area contributed by atoms with Gasteiger partial charge < -0.3 is 19.0 Å². The summed E-state index contributed by atoms with van der Waals surface area (Å²) in [6.45, 7) is 5.41. The number of esters is 1. The fourth-order valence-electron chi connectivity index (χ4n) is 1.30. The summed E-state index contributed by atoms with van der Waals surface area (Å²) in [6.07, 6.45) is 0.223. The van der Waals surface area contributed by atoms with E-state index in [2.05, 4.69) is 0 Å². The predicted octanol–water partition coefficient (Wildman–Crippen LogP) is 1.34. The van der Waals surface area contributed by atoms with Crippen LogP contribution in [0.25, 0.3) is 0 Å². The van der Waals surface area contributed by atoms with Crippen molar-refractivity contribution in [2.45, 2.75) is 51.4 Å². The molecule has 0 spiro atoms. The van der Waals surface area contributed by atoms with Crippen molar-refractivity contribution in [1.29, 1.82) is 0 Å². The number of aldehydes is 1. The molecule has 0 aromatic carbocycles. The smallest absolute Gasteiger partial charge is 0.308 e. The summed E-state index contributed by atoms with van der Waals surface area (Å²) >= 11 is 0. The van der Waals surface area contributed by atoms with E-state index in [4.69, 9.17) is 14.2 Å². The number of carbonyl (C=O) groups excluding carboxylic acids is 2. The summed E-state index contributed by atoms with van der Waals surface area (Å²) in [4.78, 5) is 22.2. The van der Waals surface area contributed by atoms with Gasteiger partial charge >= 0.3 is 5.97 Å². The highest BCUT2D eigenvalue weighted by molar-refractivity contribution is 5.70. The van der Waals surface area contributed by atoms with Crippen LogP contribution < -0.4 is 0 Å². The molecule has 0 aliphatic heterocycles. The number of methoxy groups -OCH3 is 2. The Labute approximate surface area is 102 Å². The Morgan fingerprint density at radius 1 is 1.24 bits per heavy atom. The second kappa shape index (κ2) is 7.40. The van der Waals surface area contributed by atoms with Crippen molar-refractivity contribution in [2.24, 2.45) is 0 Å². The first-order chi connectivity index (χ1) is 7.82. The zero-order valence-electron chi connectivity index (χ0n) is 11.2. The van der Waals surface area contributed by atoms with Crippen LogP contribution in [0.1, 0.15) is 33.6 Å². The molecule has 0 aromatic rings. The molecule has 5 heteroatoms. The van der Waals surface area contributed by atoms with Crippen molar-refractivity contribution in [3.63, 3.8) is 0 Å². The third-order valence-electron chi connectivity index (χ3n) is 2.10. The van der Waals surface area contributed by atoms with E-state index in [1.54, 1.807) is 20.8 Å². The van der Waals surface area contributed by atoms with Crippen LogP contribution in [0.2, 0.25) is 0 Å². The molecule has 0 bridgehead atoms. The van der Waals surface area contributed by atoms with E-state index >= 15 is 0 Å². The van der Waals surface area contributed by atoms with Gasteiger partial charge in [0.25, 0.3) is 0 Å². The maximum absolute atomic E-state index is 11.6. The van der Waals surface area contributed by atoms with Gasteiger partial charge in [-0.3, -0.25) is 4.79 Å². The van der Waals surface area contributed by atoms with Gasteiger partial charge in [0.2, 0.25) is 0 Å². The Hall–Kier alpha value is -0.940. The third-order valence-corrected chi connectivity index (χ3v) is 2.10. The van der Waals surface area contributed by atoms with Gasteiger partial charge in [0, 0.05) is 20.6 Å². The van der Waals surface area contributed by atoms with Crippen LogP contribution in [0.15, 0.2) is 0 Å². The predicted molar refractivity (Wildman–Crippen MR) is 62.7 cm³/mol. The highest BCUT2D eigenvalue weighted by Gasteiger charge is 2.22. The van der Waals surface area contributed by atoms with E-state index in [-0.39, 0.29) is 18.5 Å². The highest BCUT2D eigenvalue weighted by Crippen LogP contribution is 2.13. The van der Waals surface area contributed by atoms with E-state index in [9.17, 15) is 9.59 Å². The molecular weight excluding hydrogens is 224 g/mol. The first-order valence-electron chi connectivity index (χ1n) is 5.55. The molecule has 0 aliphatic rings. The Bertz CT molecular complexity index is 244. The van der Waals surface area contributed by atoms with Gasteiger partial charge in [-0.05, 0) is 20.8 Å². The number of carbonyl (C=O) groups is 2. The fourth-order valence-corrected chi connectivity index (χ4v) is 1.30. The molecule has 0 fully saturated rings. The Balaban J connectivity index is 4.21. The fraction of sp³-hybridized carbons (Fsp3) is 0.833. The van der Waals surface area contributed by atoms with Crippen LogP contribution in [0, 0.1) is 0 Å². The first-order valence-corrected chi connectivity index (χ1v) is 5.55. The van der Waals surface area contributed by atoms with Gasteiger partial charge in [-0.25, -0.2) is 0 Å². The van der Waals surface area contributed by atoms with Crippen molar-refractivity contribution >= 4 is 12.3 Å². The molecule has 0 saturated heterocycles. The summed E-state index contributed by atoms with van der Waals surface area (Å²) in [7, 11) is 2.94. The first kappa shape index (κ1) is 16.1. The largest absolute Gasteiger partial charge is 0.460 e. The van der Waals surface area contributed by atoms with Crippen LogP contribution in [-0.4, -0.2) is 44.3 Å². The third kappa shape index (κ3) is 7.88. The molecule has 5 nitrogen and oxygen atoms in total. The summed E-state index contributed by atoms with van der Waals surface area (Å²) in [5.74, 6) is -0.342. The maximum Gasteiger partial charge on any atom is 0.308 e. The molecule has 0 aromatic heterocycles. The minimum atomic E-state index is -0.553. The minimum Gasteiger partial charge on any atom is -0.460 e. The monoisotopic (exact) mass is 246 g/mol. The highest BCUT2D eigenvalue weighted by atomic mass is 16.6. The number of ether oxygens (including phenoxy) is 3. The minimum absolute atomic E-state index is 0.113. The molecule has 0 saturated carbocycles. The van der Waals surface area contributed by atoms with Gasteiger partial charge in [0.05, 0.1) is 12.5 Å². The molecular formula is C12H22O5. The summed E-state index contributed by atoms with van der Waals surface area (Å²) in [5.41, 5.74) is -0.513. The molecule has 0 radical (unpaired) electrons. The van der Waals surface area contributed by atoms with Crippen molar-refractivity contribution in [2.75, 3.05) is 14.2 Å². The second-order valence-electron chi connectivity index (χ2n) is 4.79. The van der Waals surface area contributed by atoms with Crippen LogP contribution in [0.3, 0.4) is 0 Å². The molecule has 100 valence electrons.